The molecule has 1 saturated heterocycles. The van der Waals surface area contributed by atoms with Gasteiger partial charge in [-0.25, -0.2) is 4.98 Å². The lowest BCUT2D eigenvalue weighted by Crippen LogP contribution is -2.45. The molecule has 0 radical (unpaired) electrons. The van der Waals surface area contributed by atoms with Crippen LogP contribution in [0.3, 0.4) is 0 Å². The first kappa shape index (κ1) is 22.0. The smallest absolute Gasteiger partial charge is 0.257 e. The summed E-state index contributed by atoms with van der Waals surface area (Å²) >= 11 is 1.32. The molecule has 32 heavy (non-hydrogen) atoms. The van der Waals surface area contributed by atoms with E-state index in [2.05, 4.69) is 44.6 Å². The second-order valence-corrected chi connectivity index (χ2v) is 8.69. The van der Waals surface area contributed by atoms with E-state index < -0.39 is 0 Å². The summed E-state index contributed by atoms with van der Waals surface area (Å²) in [7, 11) is 2.14. The van der Waals surface area contributed by atoms with Crippen LogP contribution in [0.4, 0.5) is 10.8 Å². The van der Waals surface area contributed by atoms with Crippen LogP contribution in [-0.2, 0) is 17.8 Å². The molecular formula is C24H27N5O2S. The number of piperazine rings is 1. The number of para-hydroxylation sites is 1. The van der Waals surface area contributed by atoms with Crippen LogP contribution in [-0.4, -0.2) is 54.9 Å². The standard InChI is InChI=1S/C24H27N5O2S/c1-28-11-13-29(14-12-28)21-10-6-5-9-19(21)16-25-22(30)15-20-17-32-24(26-20)27-23(31)18-7-3-2-4-8-18/h2-10,17H,11-16H2,1H3,(H,25,30)(H,26,27,31). The molecule has 7 nitrogen and oxygen atoms in total. The molecule has 1 aliphatic heterocycles. The Morgan fingerprint density at radius 2 is 1.72 bits per heavy atom. The second-order valence-electron chi connectivity index (χ2n) is 7.84. The molecule has 1 aliphatic rings. The Labute approximate surface area is 192 Å². The van der Waals surface area contributed by atoms with Crippen LogP contribution < -0.4 is 15.5 Å². The third kappa shape index (κ3) is 5.72. The molecule has 0 spiro atoms. The van der Waals surface area contributed by atoms with E-state index in [0.29, 0.717) is 22.9 Å². The first-order chi connectivity index (χ1) is 15.6. The predicted octanol–water partition coefficient (Wildman–Crippen LogP) is 3.01. The molecule has 2 aromatic carbocycles. The van der Waals surface area contributed by atoms with E-state index in [-0.39, 0.29) is 18.2 Å². The fourth-order valence-corrected chi connectivity index (χ4v) is 4.35. The van der Waals surface area contributed by atoms with E-state index in [0.717, 1.165) is 31.7 Å². The number of likely N-dealkylation sites (N-methyl/N-ethyl adjacent to an activating group) is 1. The number of aromatic nitrogens is 1. The van der Waals surface area contributed by atoms with E-state index in [1.165, 1.54) is 17.0 Å². The topological polar surface area (TPSA) is 77.6 Å². The molecule has 1 aromatic heterocycles. The van der Waals surface area contributed by atoms with Crippen molar-refractivity contribution in [3.05, 3.63) is 76.8 Å². The maximum atomic E-state index is 12.5. The summed E-state index contributed by atoms with van der Waals surface area (Å²) in [6, 6.07) is 17.2. The largest absolute Gasteiger partial charge is 0.369 e. The SMILES string of the molecule is CN1CCN(c2ccccc2CNC(=O)Cc2csc(NC(=O)c3ccccc3)n2)CC1. The average Bonchev–Trinajstić information content (AvgIpc) is 3.25. The molecule has 4 rings (SSSR count). The molecule has 1 fully saturated rings. The zero-order valence-corrected chi connectivity index (χ0v) is 18.9. The molecular weight excluding hydrogens is 422 g/mol. The van der Waals surface area contributed by atoms with E-state index in [1.54, 1.807) is 17.5 Å². The monoisotopic (exact) mass is 449 g/mol. The number of anilines is 2. The van der Waals surface area contributed by atoms with Crippen LogP contribution >= 0.6 is 11.3 Å². The molecule has 0 bridgehead atoms. The van der Waals surface area contributed by atoms with Crippen molar-refractivity contribution in [2.24, 2.45) is 0 Å². The number of hydrogen-bond donors (Lipinski definition) is 2. The molecule has 0 saturated carbocycles. The maximum Gasteiger partial charge on any atom is 0.257 e. The van der Waals surface area contributed by atoms with Gasteiger partial charge in [0.15, 0.2) is 5.13 Å². The predicted molar refractivity (Wildman–Crippen MR) is 128 cm³/mol. The molecule has 0 atom stereocenters. The van der Waals surface area contributed by atoms with Gasteiger partial charge in [0.2, 0.25) is 5.91 Å². The van der Waals surface area contributed by atoms with Gasteiger partial charge in [0.05, 0.1) is 12.1 Å². The minimum Gasteiger partial charge on any atom is -0.369 e. The van der Waals surface area contributed by atoms with Gasteiger partial charge in [0.1, 0.15) is 0 Å². The Morgan fingerprint density at radius 3 is 2.50 bits per heavy atom. The van der Waals surface area contributed by atoms with Crippen molar-refractivity contribution < 1.29 is 9.59 Å². The lowest BCUT2D eigenvalue weighted by Gasteiger charge is -2.35. The number of nitrogens with one attached hydrogen (secondary N) is 2. The minimum absolute atomic E-state index is 0.0931. The summed E-state index contributed by atoms with van der Waals surface area (Å²) in [5.74, 6) is -0.305. The number of carbonyl (C=O) groups excluding carboxylic acids is 2. The number of benzene rings is 2. The third-order valence-corrected chi connectivity index (χ3v) is 6.27. The number of nitrogens with zero attached hydrogens (tertiary/aromatic N) is 3. The van der Waals surface area contributed by atoms with Gasteiger partial charge in [-0.1, -0.05) is 36.4 Å². The number of thiazole rings is 1. The number of rotatable bonds is 7. The maximum absolute atomic E-state index is 12.5. The van der Waals surface area contributed by atoms with Gasteiger partial charge in [-0.2, -0.15) is 0 Å². The zero-order valence-electron chi connectivity index (χ0n) is 18.1. The minimum atomic E-state index is -0.212. The lowest BCUT2D eigenvalue weighted by atomic mass is 10.1. The van der Waals surface area contributed by atoms with E-state index >= 15 is 0 Å². The summed E-state index contributed by atoms with van der Waals surface area (Å²) in [4.78, 5) is 33.9. The highest BCUT2D eigenvalue weighted by Gasteiger charge is 2.17. The van der Waals surface area contributed by atoms with Gasteiger partial charge in [-0.15, -0.1) is 11.3 Å². The van der Waals surface area contributed by atoms with Crippen LogP contribution in [0.15, 0.2) is 60.0 Å². The Morgan fingerprint density at radius 1 is 1.00 bits per heavy atom. The number of hydrogen-bond acceptors (Lipinski definition) is 6. The summed E-state index contributed by atoms with van der Waals surface area (Å²) in [5, 5.41) is 8.09. The van der Waals surface area contributed by atoms with Gasteiger partial charge in [-0.3, -0.25) is 14.9 Å². The van der Waals surface area contributed by atoms with E-state index in [9.17, 15) is 9.59 Å². The Kier molecular flexibility index (Phi) is 7.14. The molecule has 0 unspecified atom stereocenters. The van der Waals surface area contributed by atoms with Gasteiger partial charge in [-0.05, 0) is 30.8 Å². The highest BCUT2D eigenvalue weighted by atomic mass is 32.1. The van der Waals surface area contributed by atoms with Crippen molar-refractivity contribution in [3.8, 4) is 0 Å². The molecule has 2 heterocycles. The number of carbonyl (C=O) groups is 2. The van der Waals surface area contributed by atoms with Gasteiger partial charge >= 0.3 is 0 Å². The summed E-state index contributed by atoms with van der Waals surface area (Å²) < 4.78 is 0. The summed E-state index contributed by atoms with van der Waals surface area (Å²) in [6.07, 6.45) is 0.175. The van der Waals surface area contributed by atoms with Crippen molar-refractivity contribution >= 4 is 34.0 Å². The van der Waals surface area contributed by atoms with Gasteiger partial charge in [0.25, 0.3) is 5.91 Å². The summed E-state index contributed by atoms with van der Waals surface area (Å²) in [5.41, 5.74) is 3.50. The normalized spacial score (nSPS) is 14.2. The van der Waals surface area contributed by atoms with Crippen LogP contribution in [0, 0.1) is 0 Å². The molecule has 166 valence electrons. The fraction of sp³-hybridized carbons (Fsp3) is 0.292. The van der Waals surface area contributed by atoms with E-state index in [4.69, 9.17) is 0 Å². The fourth-order valence-electron chi connectivity index (χ4n) is 3.64. The van der Waals surface area contributed by atoms with Crippen LogP contribution in [0.1, 0.15) is 21.6 Å². The lowest BCUT2D eigenvalue weighted by molar-refractivity contribution is -0.120. The highest BCUT2D eigenvalue weighted by Crippen LogP contribution is 2.22. The highest BCUT2D eigenvalue weighted by molar-refractivity contribution is 7.14. The Balaban J connectivity index is 1.30. The van der Waals surface area contributed by atoms with Crippen LogP contribution in [0.5, 0.6) is 0 Å². The molecule has 2 N–H and O–H groups in total. The van der Waals surface area contributed by atoms with Crippen molar-refractivity contribution in [1.29, 1.82) is 0 Å². The van der Waals surface area contributed by atoms with Crippen molar-refractivity contribution in [1.82, 2.24) is 15.2 Å². The number of amides is 2. The molecule has 2 amide bonds. The zero-order chi connectivity index (χ0) is 22.3. The third-order valence-electron chi connectivity index (χ3n) is 5.46. The first-order valence-electron chi connectivity index (χ1n) is 10.7. The van der Waals surface area contributed by atoms with Crippen molar-refractivity contribution in [3.63, 3.8) is 0 Å². The van der Waals surface area contributed by atoms with Gasteiger partial charge < -0.3 is 15.1 Å². The second kappa shape index (κ2) is 10.4. The Bertz CT molecular complexity index is 1060. The average molecular weight is 450 g/mol. The van der Waals surface area contributed by atoms with Gasteiger partial charge in [0, 0.05) is 49.4 Å². The Hall–Kier alpha value is -3.23. The van der Waals surface area contributed by atoms with Crippen molar-refractivity contribution in [2.75, 3.05) is 43.4 Å². The van der Waals surface area contributed by atoms with E-state index in [1.807, 2.05) is 30.3 Å². The van der Waals surface area contributed by atoms with Crippen LogP contribution in [0.25, 0.3) is 0 Å². The van der Waals surface area contributed by atoms with Crippen LogP contribution in [0.2, 0.25) is 0 Å². The van der Waals surface area contributed by atoms with Crippen molar-refractivity contribution in [2.45, 2.75) is 13.0 Å². The quantitative estimate of drug-likeness (QED) is 0.580. The molecule has 0 aliphatic carbocycles. The molecule has 8 heteroatoms. The first-order valence-corrected chi connectivity index (χ1v) is 11.6. The molecule has 3 aromatic rings. The summed E-state index contributed by atoms with van der Waals surface area (Å²) in [6.45, 7) is 4.51.